The van der Waals surface area contributed by atoms with Crippen molar-refractivity contribution in [3.63, 3.8) is 0 Å². The third-order valence-electron chi connectivity index (χ3n) is 2.92. The van der Waals surface area contributed by atoms with Crippen LogP contribution in [-0.4, -0.2) is 20.9 Å². The van der Waals surface area contributed by atoms with Crippen molar-refractivity contribution in [2.24, 2.45) is 0 Å². The van der Waals surface area contributed by atoms with Gasteiger partial charge in [0.15, 0.2) is 0 Å². The van der Waals surface area contributed by atoms with Crippen LogP contribution < -0.4 is 0 Å². The van der Waals surface area contributed by atoms with Gasteiger partial charge in [0.1, 0.15) is 0 Å². The Morgan fingerprint density at radius 3 is 2.61 bits per heavy atom. The maximum Gasteiger partial charge on any atom is 0.337 e. The zero-order valence-electron chi connectivity index (χ0n) is 10.6. The Balaban J connectivity index is 2.61. The van der Waals surface area contributed by atoms with Crippen molar-refractivity contribution in [2.75, 3.05) is 0 Å². The minimum absolute atomic E-state index is 0.276. The van der Waals surface area contributed by atoms with Gasteiger partial charge >= 0.3 is 5.97 Å². The van der Waals surface area contributed by atoms with E-state index in [2.05, 4.69) is 5.10 Å². The summed E-state index contributed by atoms with van der Waals surface area (Å²) >= 11 is 0. The first-order valence-corrected chi connectivity index (χ1v) is 6.07. The molecule has 0 spiro atoms. The first-order chi connectivity index (χ1) is 8.67. The number of para-hydroxylation sites is 1. The van der Waals surface area contributed by atoms with Crippen molar-refractivity contribution in [1.82, 2.24) is 9.78 Å². The van der Waals surface area contributed by atoms with Crippen LogP contribution in [0.3, 0.4) is 0 Å². The average Bonchev–Trinajstić information content (AvgIpc) is 2.81. The fourth-order valence-corrected chi connectivity index (χ4v) is 1.95. The maximum atomic E-state index is 11.2. The molecular weight excluding hydrogens is 228 g/mol. The fraction of sp³-hybridized carbons (Fsp3) is 0.286. The summed E-state index contributed by atoms with van der Waals surface area (Å²) in [4.78, 5) is 11.2. The molecule has 0 aliphatic rings. The van der Waals surface area contributed by atoms with E-state index in [1.807, 2.05) is 26.0 Å². The third kappa shape index (κ3) is 2.14. The van der Waals surface area contributed by atoms with Crippen LogP contribution in [0.4, 0.5) is 0 Å². The van der Waals surface area contributed by atoms with E-state index in [4.69, 9.17) is 0 Å². The molecule has 0 saturated heterocycles. The van der Waals surface area contributed by atoms with Crippen LogP contribution in [0, 0.1) is 0 Å². The van der Waals surface area contributed by atoms with Gasteiger partial charge in [-0.1, -0.05) is 26.0 Å². The summed E-state index contributed by atoms with van der Waals surface area (Å²) in [5, 5.41) is 13.7. The summed E-state index contributed by atoms with van der Waals surface area (Å²) in [5.74, 6) is -0.929. The maximum absolute atomic E-state index is 11.2. The van der Waals surface area contributed by atoms with Crippen molar-refractivity contribution in [1.29, 1.82) is 0 Å². The molecule has 0 fully saturated rings. The van der Waals surface area contributed by atoms with Crippen LogP contribution in [0.2, 0.25) is 0 Å². The van der Waals surface area contributed by atoms with Crippen molar-refractivity contribution in [2.45, 2.75) is 26.7 Å². The van der Waals surface area contributed by atoms with E-state index in [0.717, 1.165) is 24.2 Å². The van der Waals surface area contributed by atoms with Gasteiger partial charge in [-0.2, -0.15) is 5.10 Å². The Kier molecular flexibility index (Phi) is 3.46. The van der Waals surface area contributed by atoms with Crippen molar-refractivity contribution < 1.29 is 9.90 Å². The lowest BCUT2D eigenvalue weighted by atomic mass is 10.1. The average molecular weight is 244 g/mol. The normalized spacial score (nSPS) is 10.6. The number of carboxylic acids is 1. The molecule has 0 radical (unpaired) electrons. The van der Waals surface area contributed by atoms with Crippen LogP contribution in [0.5, 0.6) is 0 Å². The Hall–Kier alpha value is -2.10. The molecule has 18 heavy (non-hydrogen) atoms. The van der Waals surface area contributed by atoms with Gasteiger partial charge in [-0.15, -0.1) is 0 Å². The van der Waals surface area contributed by atoms with Crippen LogP contribution in [0.1, 0.15) is 35.6 Å². The Morgan fingerprint density at radius 1 is 1.28 bits per heavy atom. The van der Waals surface area contributed by atoms with Gasteiger partial charge < -0.3 is 5.11 Å². The minimum Gasteiger partial charge on any atom is -0.478 e. The molecule has 0 atom stereocenters. The standard InChI is InChI=1S/C14H16N2O2/c1-3-10-9-11(4-2)16(15-10)13-8-6-5-7-12(13)14(17)18/h5-9H,3-4H2,1-2H3,(H,17,18). The van der Waals surface area contributed by atoms with Crippen molar-refractivity contribution in [3.8, 4) is 5.69 Å². The number of carbonyl (C=O) groups is 1. The fourth-order valence-electron chi connectivity index (χ4n) is 1.95. The zero-order valence-corrected chi connectivity index (χ0v) is 10.6. The lowest BCUT2D eigenvalue weighted by Crippen LogP contribution is -2.08. The Labute approximate surface area is 106 Å². The first kappa shape index (κ1) is 12.4. The summed E-state index contributed by atoms with van der Waals surface area (Å²) in [7, 11) is 0. The SMILES string of the molecule is CCc1cc(CC)n(-c2ccccc2C(=O)O)n1. The summed E-state index contributed by atoms with van der Waals surface area (Å²) < 4.78 is 1.74. The molecule has 94 valence electrons. The molecule has 0 bridgehead atoms. The number of aryl methyl sites for hydroxylation is 2. The topological polar surface area (TPSA) is 55.1 Å². The monoisotopic (exact) mass is 244 g/mol. The molecule has 0 aliphatic heterocycles. The predicted molar refractivity (Wildman–Crippen MR) is 69.3 cm³/mol. The zero-order chi connectivity index (χ0) is 13.1. The molecule has 1 aromatic carbocycles. The predicted octanol–water partition coefficient (Wildman–Crippen LogP) is 2.70. The van der Waals surface area contributed by atoms with Crippen molar-refractivity contribution >= 4 is 5.97 Å². The molecule has 0 unspecified atom stereocenters. The van der Waals surface area contributed by atoms with Crippen LogP contribution in [-0.2, 0) is 12.8 Å². The molecule has 0 aliphatic carbocycles. The van der Waals surface area contributed by atoms with Gasteiger partial charge in [0.25, 0.3) is 0 Å². The molecule has 2 rings (SSSR count). The number of carboxylic acid groups (broad SMARTS) is 1. The molecule has 0 amide bonds. The number of aromatic carboxylic acids is 1. The minimum atomic E-state index is -0.929. The quantitative estimate of drug-likeness (QED) is 0.899. The van der Waals surface area contributed by atoms with E-state index in [9.17, 15) is 9.90 Å². The summed E-state index contributed by atoms with van der Waals surface area (Å²) in [6.45, 7) is 4.07. The van der Waals surface area contributed by atoms with Crippen LogP contribution in [0.15, 0.2) is 30.3 Å². The van der Waals surface area contributed by atoms with Gasteiger partial charge in [0, 0.05) is 5.69 Å². The molecule has 1 heterocycles. The highest BCUT2D eigenvalue weighted by Crippen LogP contribution is 2.18. The van der Waals surface area contributed by atoms with E-state index >= 15 is 0 Å². The molecule has 4 nitrogen and oxygen atoms in total. The second-order valence-corrected chi connectivity index (χ2v) is 4.07. The van der Waals surface area contributed by atoms with Crippen LogP contribution >= 0.6 is 0 Å². The number of hydrogen-bond acceptors (Lipinski definition) is 2. The van der Waals surface area contributed by atoms with Gasteiger partial charge in [-0.3, -0.25) is 0 Å². The molecule has 0 saturated carbocycles. The molecule has 1 aromatic heterocycles. The van der Waals surface area contributed by atoms with Gasteiger partial charge in [-0.05, 0) is 31.0 Å². The highest BCUT2D eigenvalue weighted by atomic mass is 16.4. The first-order valence-electron chi connectivity index (χ1n) is 6.07. The highest BCUT2D eigenvalue weighted by molar-refractivity contribution is 5.91. The smallest absolute Gasteiger partial charge is 0.337 e. The summed E-state index contributed by atoms with van der Waals surface area (Å²) in [6.07, 6.45) is 1.66. The number of aromatic nitrogens is 2. The van der Waals surface area contributed by atoms with E-state index in [-0.39, 0.29) is 5.56 Å². The summed E-state index contributed by atoms with van der Waals surface area (Å²) in [5.41, 5.74) is 2.91. The molecule has 2 aromatic rings. The number of hydrogen-bond donors (Lipinski definition) is 1. The van der Waals surface area contributed by atoms with E-state index in [1.54, 1.807) is 22.9 Å². The summed E-state index contributed by atoms with van der Waals surface area (Å²) in [6, 6.07) is 8.97. The van der Waals surface area contributed by atoms with Crippen LogP contribution in [0.25, 0.3) is 5.69 Å². The molecule has 1 N–H and O–H groups in total. The second kappa shape index (κ2) is 5.04. The lowest BCUT2D eigenvalue weighted by molar-refractivity contribution is 0.0696. The van der Waals surface area contributed by atoms with Gasteiger partial charge in [0.05, 0.1) is 16.9 Å². The highest BCUT2D eigenvalue weighted by Gasteiger charge is 2.14. The number of nitrogens with zero attached hydrogens (tertiary/aromatic N) is 2. The third-order valence-corrected chi connectivity index (χ3v) is 2.92. The number of benzene rings is 1. The number of rotatable bonds is 4. The van der Waals surface area contributed by atoms with E-state index in [0.29, 0.717) is 5.69 Å². The van der Waals surface area contributed by atoms with Gasteiger partial charge in [0.2, 0.25) is 0 Å². The molecular formula is C14H16N2O2. The second-order valence-electron chi connectivity index (χ2n) is 4.07. The Morgan fingerprint density at radius 2 is 2.00 bits per heavy atom. The van der Waals surface area contributed by atoms with Gasteiger partial charge in [-0.25, -0.2) is 9.48 Å². The van der Waals surface area contributed by atoms with E-state index in [1.165, 1.54) is 0 Å². The van der Waals surface area contributed by atoms with E-state index < -0.39 is 5.97 Å². The Bertz CT molecular complexity index is 573. The largest absolute Gasteiger partial charge is 0.478 e. The van der Waals surface area contributed by atoms with Crippen molar-refractivity contribution in [3.05, 3.63) is 47.3 Å². The molecule has 4 heteroatoms. The lowest BCUT2D eigenvalue weighted by Gasteiger charge is -2.08.